The lowest BCUT2D eigenvalue weighted by atomic mass is 10.1. The molecule has 0 aromatic heterocycles. The van der Waals surface area contributed by atoms with Crippen LogP contribution in [0.2, 0.25) is 0 Å². The SMILES string of the molecule is NC1CC(N(CC2CC2)CC2CC2)c2ccccc21. The predicted molar refractivity (Wildman–Crippen MR) is 77.7 cm³/mol. The Morgan fingerprint density at radius 1 is 0.947 bits per heavy atom. The lowest BCUT2D eigenvalue weighted by Gasteiger charge is -2.30. The van der Waals surface area contributed by atoms with Crippen LogP contribution in [0, 0.1) is 11.8 Å². The van der Waals surface area contributed by atoms with Crippen LogP contribution in [0.25, 0.3) is 0 Å². The third kappa shape index (κ3) is 2.44. The summed E-state index contributed by atoms with van der Waals surface area (Å²) in [7, 11) is 0. The quantitative estimate of drug-likeness (QED) is 0.876. The minimum atomic E-state index is 0.252. The van der Waals surface area contributed by atoms with Crippen LogP contribution in [-0.4, -0.2) is 18.0 Å². The molecule has 3 aliphatic rings. The molecule has 2 saturated carbocycles. The molecule has 19 heavy (non-hydrogen) atoms. The first-order valence-corrected chi connectivity index (χ1v) is 7.89. The number of nitrogens with two attached hydrogens (primary N) is 1. The summed E-state index contributed by atoms with van der Waals surface area (Å²) in [4.78, 5) is 2.76. The fraction of sp³-hybridized carbons (Fsp3) is 0.647. The van der Waals surface area contributed by atoms with E-state index >= 15 is 0 Å². The topological polar surface area (TPSA) is 29.3 Å². The van der Waals surface area contributed by atoms with Crippen LogP contribution in [0.15, 0.2) is 24.3 Å². The van der Waals surface area contributed by atoms with Crippen LogP contribution >= 0.6 is 0 Å². The van der Waals surface area contributed by atoms with Gasteiger partial charge in [0, 0.05) is 25.2 Å². The van der Waals surface area contributed by atoms with Gasteiger partial charge in [-0.25, -0.2) is 0 Å². The average molecular weight is 256 g/mol. The van der Waals surface area contributed by atoms with E-state index in [9.17, 15) is 0 Å². The number of nitrogens with zero attached hydrogens (tertiary/aromatic N) is 1. The van der Waals surface area contributed by atoms with Gasteiger partial charge in [-0.3, -0.25) is 4.90 Å². The van der Waals surface area contributed by atoms with Gasteiger partial charge in [0.2, 0.25) is 0 Å². The molecule has 102 valence electrons. The lowest BCUT2D eigenvalue weighted by Crippen LogP contribution is -2.32. The molecule has 3 aliphatic carbocycles. The van der Waals surface area contributed by atoms with Crippen LogP contribution < -0.4 is 5.73 Å². The van der Waals surface area contributed by atoms with Gasteiger partial charge in [0.05, 0.1) is 0 Å². The van der Waals surface area contributed by atoms with Gasteiger partial charge in [0.1, 0.15) is 0 Å². The van der Waals surface area contributed by atoms with Crippen molar-refractivity contribution in [1.82, 2.24) is 4.90 Å². The Bertz CT molecular complexity index is 448. The second-order valence-corrected chi connectivity index (χ2v) is 6.83. The van der Waals surface area contributed by atoms with E-state index in [0.717, 1.165) is 18.3 Å². The highest BCUT2D eigenvalue weighted by atomic mass is 15.2. The van der Waals surface area contributed by atoms with Crippen LogP contribution in [0.1, 0.15) is 55.3 Å². The molecule has 0 aliphatic heterocycles. The minimum Gasteiger partial charge on any atom is -0.324 e. The van der Waals surface area contributed by atoms with Gasteiger partial charge >= 0.3 is 0 Å². The smallest absolute Gasteiger partial charge is 0.0369 e. The van der Waals surface area contributed by atoms with Crippen molar-refractivity contribution in [2.75, 3.05) is 13.1 Å². The first-order valence-electron chi connectivity index (χ1n) is 7.89. The minimum absolute atomic E-state index is 0.252. The van der Waals surface area contributed by atoms with E-state index in [1.807, 2.05) is 0 Å². The molecule has 2 N–H and O–H groups in total. The maximum absolute atomic E-state index is 6.34. The van der Waals surface area contributed by atoms with Gasteiger partial charge in [0.15, 0.2) is 0 Å². The Labute approximate surface area is 116 Å². The molecule has 2 atom stereocenters. The fourth-order valence-corrected chi connectivity index (χ4v) is 3.59. The molecule has 0 saturated heterocycles. The summed E-state index contributed by atoms with van der Waals surface area (Å²) in [5.41, 5.74) is 9.24. The summed E-state index contributed by atoms with van der Waals surface area (Å²) in [6, 6.07) is 9.68. The van der Waals surface area contributed by atoms with Gasteiger partial charge in [0.25, 0.3) is 0 Å². The second kappa shape index (κ2) is 4.60. The summed E-state index contributed by atoms with van der Waals surface area (Å²) in [5, 5.41) is 0. The predicted octanol–water partition coefficient (Wildman–Crippen LogP) is 3.25. The Morgan fingerprint density at radius 3 is 2.11 bits per heavy atom. The third-order valence-corrected chi connectivity index (χ3v) is 5.05. The van der Waals surface area contributed by atoms with Crippen molar-refractivity contribution >= 4 is 0 Å². The lowest BCUT2D eigenvalue weighted by molar-refractivity contribution is 0.175. The molecule has 0 bridgehead atoms. The van der Waals surface area contributed by atoms with Crippen molar-refractivity contribution in [1.29, 1.82) is 0 Å². The zero-order chi connectivity index (χ0) is 12.8. The Morgan fingerprint density at radius 2 is 1.53 bits per heavy atom. The van der Waals surface area contributed by atoms with Crippen molar-refractivity contribution in [2.24, 2.45) is 17.6 Å². The van der Waals surface area contributed by atoms with Crippen molar-refractivity contribution in [3.8, 4) is 0 Å². The first-order chi connectivity index (χ1) is 9.31. The normalized spacial score (nSPS) is 29.8. The number of rotatable bonds is 5. The van der Waals surface area contributed by atoms with E-state index < -0.39 is 0 Å². The van der Waals surface area contributed by atoms with Gasteiger partial charge < -0.3 is 5.73 Å². The fourth-order valence-electron chi connectivity index (χ4n) is 3.59. The molecule has 0 radical (unpaired) electrons. The molecule has 2 unspecified atom stereocenters. The highest BCUT2D eigenvalue weighted by Crippen LogP contribution is 2.44. The Hall–Kier alpha value is -0.860. The van der Waals surface area contributed by atoms with Crippen LogP contribution in [-0.2, 0) is 0 Å². The second-order valence-electron chi connectivity index (χ2n) is 6.83. The van der Waals surface area contributed by atoms with E-state index in [1.165, 1.54) is 49.9 Å². The van der Waals surface area contributed by atoms with Gasteiger partial charge in [-0.15, -0.1) is 0 Å². The molecule has 1 aromatic carbocycles. The molecular formula is C17H24N2. The number of hydrogen-bond donors (Lipinski definition) is 1. The van der Waals surface area contributed by atoms with Crippen LogP contribution in [0.5, 0.6) is 0 Å². The van der Waals surface area contributed by atoms with Gasteiger partial charge in [-0.1, -0.05) is 24.3 Å². The van der Waals surface area contributed by atoms with Gasteiger partial charge in [-0.05, 0) is 55.1 Å². The third-order valence-electron chi connectivity index (χ3n) is 5.05. The molecule has 1 aromatic rings. The molecule has 4 rings (SSSR count). The van der Waals surface area contributed by atoms with E-state index in [2.05, 4.69) is 29.2 Å². The van der Waals surface area contributed by atoms with E-state index in [0.29, 0.717) is 6.04 Å². The number of benzene rings is 1. The summed E-state index contributed by atoms with van der Waals surface area (Å²) in [6.07, 6.45) is 6.91. The number of fused-ring (bicyclic) bond motifs is 1. The van der Waals surface area contributed by atoms with E-state index in [1.54, 1.807) is 0 Å². The molecular weight excluding hydrogens is 232 g/mol. The van der Waals surface area contributed by atoms with Gasteiger partial charge in [-0.2, -0.15) is 0 Å². The summed E-state index contributed by atoms with van der Waals surface area (Å²) in [6.45, 7) is 2.62. The largest absolute Gasteiger partial charge is 0.324 e. The Kier molecular flexibility index (Phi) is 2.89. The first kappa shape index (κ1) is 11.9. The summed E-state index contributed by atoms with van der Waals surface area (Å²) < 4.78 is 0. The van der Waals surface area contributed by atoms with Crippen molar-refractivity contribution in [2.45, 2.75) is 44.2 Å². The van der Waals surface area contributed by atoms with Crippen molar-refractivity contribution < 1.29 is 0 Å². The molecule has 0 amide bonds. The highest BCUT2D eigenvalue weighted by Gasteiger charge is 2.37. The molecule has 0 spiro atoms. The van der Waals surface area contributed by atoms with E-state index in [-0.39, 0.29) is 6.04 Å². The van der Waals surface area contributed by atoms with Crippen LogP contribution in [0.3, 0.4) is 0 Å². The zero-order valence-corrected chi connectivity index (χ0v) is 11.6. The van der Waals surface area contributed by atoms with Crippen molar-refractivity contribution in [3.63, 3.8) is 0 Å². The van der Waals surface area contributed by atoms with Crippen LogP contribution in [0.4, 0.5) is 0 Å². The maximum atomic E-state index is 6.34. The van der Waals surface area contributed by atoms with Crippen molar-refractivity contribution in [3.05, 3.63) is 35.4 Å². The molecule has 2 heteroatoms. The summed E-state index contributed by atoms with van der Waals surface area (Å²) in [5.74, 6) is 1.95. The average Bonchev–Trinajstić information content (AvgIpc) is 3.33. The standard InChI is InChI=1S/C17H24N2/c18-16-9-17(15-4-2-1-3-14(15)16)19(10-12-5-6-12)11-13-7-8-13/h1-4,12-13,16-17H,5-11,18H2. The molecule has 2 fully saturated rings. The highest BCUT2D eigenvalue weighted by molar-refractivity contribution is 5.37. The zero-order valence-electron chi connectivity index (χ0n) is 11.6. The molecule has 0 heterocycles. The Balaban J connectivity index is 1.57. The maximum Gasteiger partial charge on any atom is 0.0369 e. The molecule has 2 nitrogen and oxygen atoms in total. The summed E-state index contributed by atoms with van der Waals surface area (Å²) >= 11 is 0. The van der Waals surface area contributed by atoms with E-state index in [4.69, 9.17) is 5.73 Å². The number of hydrogen-bond acceptors (Lipinski definition) is 2. The monoisotopic (exact) mass is 256 g/mol.